The fourth-order valence-electron chi connectivity index (χ4n) is 0.909. The van der Waals surface area contributed by atoms with Crippen molar-refractivity contribution in [3.8, 4) is 5.75 Å². The zero-order valence-electron chi connectivity index (χ0n) is 6.98. The van der Waals surface area contributed by atoms with Crippen LogP contribution in [-0.4, -0.2) is 6.61 Å². The van der Waals surface area contributed by atoms with Crippen LogP contribution in [0, 0.1) is 6.07 Å². The van der Waals surface area contributed by atoms with Gasteiger partial charge in [0, 0.05) is 6.07 Å². The van der Waals surface area contributed by atoms with Gasteiger partial charge in [0.1, 0.15) is 5.75 Å². The van der Waals surface area contributed by atoms with Crippen LogP contribution >= 0.6 is 0 Å². The minimum atomic E-state index is -4.37. The molecule has 0 heterocycles. The largest absolute Gasteiger partial charge is 0.493 e. The maximum atomic E-state index is 12.3. The molecule has 0 aromatic heterocycles. The molecule has 1 rings (SSSR count). The molecule has 0 atom stereocenters. The highest BCUT2D eigenvalue weighted by molar-refractivity contribution is 5.34. The molecule has 1 radical (unpaired) electrons. The zero-order valence-corrected chi connectivity index (χ0v) is 6.98. The van der Waals surface area contributed by atoms with E-state index in [-0.39, 0.29) is 12.4 Å². The molecule has 0 aliphatic heterocycles. The lowest BCUT2D eigenvalue weighted by Gasteiger charge is -2.11. The number of rotatable bonds is 2. The second-order valence-corrected chi connectivity index (χ2v) is 2.34. The highest BCUT2D eigenvalue weighted by Crippen LogP contribution is 2.35. The molecule has 0 fully saturated rings. The van der Waals surface area contributed by atoms with Crippen LogP contribution in [0.5, 0.6) is 5.75 Å². The lowest BCUT2D eigenvalue weighted by atomic mass is 10.2. The van der Waals surface area contributed by atoms with E-state index < -0.39 is 11.7 Å². The topological polar surface area (TPSA) is 9.23 Å². The Morgan fingerprint density at radius 1 is 1.46 bits per heavy atom. The van der Waals surface area contributed by atoms with Crippen LogP contribution in [0.25, 0.3) is 0 Å². The first-order valence-electron chi connectivity index (χ1n) is 3.76. The van der Waals surface area contributed by atoms with Gasteiger partial charge in [0.25, 0.3) is 0 Å². The van der Waals surface area contributed by atoms with Gasteiger partial charge < -0.3 is 4.74 Å². The minimum absolute atomic E-state index is 0.198. The lowest BCUT2D eigenvalue weighted by molar-refractivity contribution is -0.138. The Hall–Kier alpha value is -1.19. The van der Waals surface area contributed by atoms with Gasteiger partial charge in [-0.05, 0) is 13.0 Å². The predicted molar refractivity (Wildman–Crippen MR) is 41.4 cm³/mol. The molecule has 4 heteroatoms. The Morgan fingerprint density at radius 3 is 2.69 bits per heavy atom. The van der Waals surface area contributed by atoms with Gasteiger partial charge in [-0.3, -0.25) is 0 Å². The monoisotopic (exact) mass is 189 g/mol. The van der Waals surface area contributed by atoms with Crippen molar-refractivity contribution in [1.82, 2.24) is 0 Å². The van der Waals surface area contributed by atoms with E-state index in [0.29, 0.717) is 0 Å². The van der Waals surface area contributed by atoms with E-state index in [1.165, 1.54) is 12.1 Å². The van der Waals surface area contributed by atoms with Crippen LogP contribution in [0.4, 0.5) is 13.2 Å². The summed E-state index contributed by atoms with van der Waals surface area (Å²) in [5.41, 5.74) is -0.781. The molecule has 0 aliphatic rings. The zero-order chi connectivity index (χ0) is 9.90. The smallest absolute Gasteiger partial charge is 0.419 e. The number of benzene rings is 1. The Bertz CT molecular complexity index is 280. The van der Waals surface area contributed by atoms with Crippen molar-refractivity contribution in [2.75, 3.05) is 6.61 Å². The van der Waals surface area contributed by atoms with Crippen molar-refractivity contribution in [3.63, 3.8) is 0 Å². The van der Waals surface area contributed by atoms with E-state index in [9.17, 15) is 13.2 Å². The SMILES string of the molecule is CCOc1[c]cccc1C(F)(F)F. The van der Waals surface area contributed by atoms with Crippen LogP contribution in [0.2, 0.25) is 0 Å². The van der Waals surface area contributed by atoms with Crippen molar-refractivity contribution in [1.29, 1.82) is 0 Å². The third kappa shape index (κ3) is 2.37. The number of ether oxygens (including phenoxy) is 1. The summed E-state index contributed by atoms with van der Waals surface area (Å²) >= 11 is 0. The first-order chi connectivity index (χ1) is 6.05. The molecule has 0 unspecified atom stereocenters. The van der Waals surface area contributed by atoms with E-state index in [2.05, 4.69) is 6.07 Å². The van der Waals surface area contributed by atoms with Crippen molar-refractivity contribution in [2.24, 2.45) is 0 Å². The number of alkyl halides is 3. The van der Waals surface area contributed by atoms with Gasteiger partial charge >= 0.3 is 6.18 Å². The predicted octanol–water partition coefficient (Wildman–Crippen LogP) is 2.90. The van der Waals surface area contributed by atoms with Crippen molar-refractivity contribution in [3.05, 3.63) is 29.8 Å². The summed E-state index contributed by atoms with van der Waals surface area (Å²) in [5.74, 6) is -0.238. The molecule has 13 heavy (non-hydrogen) atoms. The highest BCUT2D eigenvalue weighted by atomic mass is 19.4. The number of hydrogen-bond acceptors (Lipinski definition) is 1. The van der Waals surface area contributed by atoms with Gasteiger partial charge in [-0.2, -0.15) is 13.2 Å². The molecule has 0 N–H and O–H groups in total. The maximum absolute atomic E-state index is 12.3. The molecule has 0 spiro atoms. The lowest BCUT2D eigenvalue weighted by Crippen LogP contribution is -2.08. The summed E-state index contributed by atoms with van der Waals surface area (Å²) in [7, 11) is 0. The average molecular weight is 189 g/mol. The number of hydrogen-bond donors (Lipinski definition) is 0. The number of para-hydroxylation sites is 1. The van der Waals surface area contributed by atoms with Gasteiger partial charge in [-0.25, -0.2) is 0 Å². The average Bonchev–Trinajstić information content (AvgIpc) is 2.04. The molecule has 1 aromatic carbocycles. The molecule has 0 amide bonds. The Kier molecular flexibility index (Phi) is 2.80. The van der Waals surface area contributed by atoms with Gasteiger partial charge in [-0.1, -0.05) is 12.1 Å². The van der Waals surface area contributed by atoms with E-state index >= 15 is 0 Å². The Balaban J connectivity index is 3.05. The second-order valence-electron chi connectivity index (χ2n) is 2.34. The van der Waals surface area contributed by atoms with Crippen LogP contribution < -0.4 is 4.74 Å². The standard InChI is InChI=1S/C9H8F3O/c1-2-13-8-6-4-3-5-7(8)9(10,11)12/h3-5H,2H2,1H3. The summed E-state index contributed by atoms with van der Waals surface area (Å²) in [5, 5.41) is 0. The quantitative estimate of drug-likeness (QED) is 0.695. The molecule has 1 nitrogen and oxygen atoms in total. The molecule has 71 valence electrons. The van der Waals surface area contributed by atoms with E-state index in [0.717, 1.165) is 6.07 Å². The van der Waals surface area contributed by atoms with Gasteiger partial charge in [-0.15, -0.1) is 0 Å². The number of halogens is 3. The molecular formula is C9H8F3O. The van der Waals surface area contributed by atoms with Gasteiger partial charge in [0.05, 0.1) is 12.2 Å². The molecule has 0 bridgehead atoms. The van der Waals surface area contributed by atoms with E-state index in [1.807, 2.05) is 0 Å². The maximum Gasteiger partial charge on any atom is 0.419 e. The third-order valence-electron chi connectivity index (χ3n) is 1.41. The van der Waals surface area contributed by atoms with E-state index in [4.69, 9.17) is 4.74 Å². The Labute approximate surface area is 74.1 Å². The fraction of sp³-hybridized carbons (Fsp3) is 0.333. The van der Waals surface area contributed by atoms with Crippen LogP contribution in [0.3, 0.4) is 0 Å². The van der Waals surface area contributed by atoms with Crippen LogP contribution in [-0.2, 0) is 6.18 Å². The summed E-state index contributed by atoms with van der Waals surface area (Å²) in [6.45, 7) is 1.82. The minimum Gasteiger partial charge on any atom is -0.493 e. The molecule has 0 saturated heterocycles. The normalized spacial score (nSPS) is 11.4. The molecule has 1 aromatic rings. The fourth-order valence-corrected chi connectivity index (χ4v) is 0.909. The third-order valence-corrected chi connectivity index (χ3v) is 1.41. The second kappa shape index (κ2) is 3.68. The summed E-state index contributed by atoms with van der Waals surface area (Å²) in [4.78, 5) is 0. The first-order valence-corrected chi connectivity index (χ1v) is 3.76. The summed E-state index contributed by atoms with van der Waals surface area (Å²) < 4.78 is 41.6. The summed E-state index contributed by atoms with van der Waals surface area (Å²) in [6.07, 6.45) is -4.37. The van der Waals surface area contributed by atoms with Crippen LogP contribution in [0.15, 0.2) is 18.2 Å². The molecule has 0 aliphatic carbocycles. The van der Waals surface area contributed by atoms with Crippen molar-refractivity contribution >= 4 is 0 Å². The molecule has 0 saturated carbocycles. The van der Waals surface area contributed by atoms with Crippen molar-refractivity contribution < 1.29 is 17.9 Å². The Morgan fingerprint density at radius 2 is 2.15 bits per heavy atom. The van der Waals surface area contributed by atoms with E-state index in [1.54, 1.807) is 6.92 Å². The molecular weight excluding hydrogens is 181 g/mol. The van der Waals surface area contributed by atoms with Gasteiger partial charge in [0.2, 0.25) is 0 Å². The first kappa shape index (κ1) is 9.89. The van der Waals surface area contributed by atoms with Crippen molar-refractivity contribution in [2.45, 2.75) is 13.1 Å². The van der Waals surface area contributed by atoms with Gasteiger partial charge in [0.15, 0.2) is 0 Å². The van der Waals surface area contributed by atoms with Crippen LogP contribution in [0.1, 0.15) is 12.5 Å². The highest BCUT2D eigenvalue weighted by Gasteiger charge is 2.33. The summed E-state index contributed by atoms with van der Waals surface area (Å²) in [6, 6.07) is 6.05.